The molecule has 2 aliphatic heterocycles. The first-order valence-electron chi connectivity index (χ1n) is 10.1. The first-order chi connectivity index (χ1) is 12.6. The van der Waals surface area contributed by atoms with Crippen LogP contribution in [0.1, 0.15) is 60.8 Å². The molecule has 1 amide bonds. The lowest BCUT2D eigenvalue weighted by molar-refractivity contribution is 0.0676. The van der Waals surface area contributed by atoms with Gasteiger partial charge in [0.25, 0.3) is 5.91 Å². The van der Waals surface area contributed by atoms with Crippen LogP contribution in [0.4, 0.5) is 0 Å². The molecule has 1 aromatic heterocycles. The van der Waals surface area contributed by atoms with Crippen molar-refractivity contribution in [3.05, 3.63) is 41.2 Å². The zero-order valence-electron chi connectivity index (χ0n) is 16.0. The molecule has 0 saturated carbocycles. The van der Waals surface area contributed by atoms with Gasteiger partial charge in [-0.25, -0.2) is 4.98 Å². The van der Waals surface area contributed by atoms with Gasteiger partial charge in [0, 0.05) is 25.2 Å². The minimum atomic E-state index is 0.139. The van der Waals surface area contributed by atoms with Crippen LogP contribution in [0.25, 0.3) is 11.4 Å². The van der Waals surface area contributed by atoms with Gasteiger partial charge in [0.15, 0.2) is 0 Å². The molecular formula is C22H29N3O. The largest absolute Gasteiger partial charge is 0.337 e. The molecule has 4 nitrogen and oxygen atoms in total. The Morgan fingerprint density at radius 2 is 1.88 bits per heavy atom. The van der Waals surface area contributed by atoms with Gasteiger partial charge in [-0.15, -0.1) is 0 Å². The van der Waals surface area contributed by atoms with E-state index in [0.717, 1.165) is 62.4 Å². The summed E-state index contributed by atoms with van der Waals surface area (Å²) in [4.78, 5) is 20.2. The Bertz CT molecular complexity index is 790. The van der Waals surface area contributed by atoms with Crippen molar-refractivity contribution in [2.45, 2.75) is 58.9 Å². The molecule has 1 saturated heterocycles. The minimum absolute atomic E-state index is 0.139. The first-order valence-corrected chi connectivity index (χ1v) is 10.1. The molecule has 4 heteroatoms. The standard InChI is InChI=1S/C22H29N3O/c1-16-9-11-18(12-10-16)21-23-20(19-8-4-3-5-14-25(19)21)22(26)24-13-6-7-17(2)15-24/h9-12,17H,3-8,13-15H2,1-2H3/t17-/m1/s1. The number of benzene rings is 1. The highest BCUT2D eigenvalue weighted by Gasteiger charge is 2.29. The predicted octanol–water partition coefficient (Wildman–Crippen LogP) is 4.46. The van der Waals surface area contributed by atoms with Gasteiger partial charge in [0.05, 0.1) is 5.69 Å². The molecule has 3 heterocycles. The average Bonchev–Trinajstić information content (AvgIpc) is 2.83. The second-order valence-corrected chi connectivity index (χ2v) is 8.06. The molecule has 0 radical (unpaired) electrons. The Hall–Kier alpha value is -2.10. The molecule has 1 atom stereocenters. The van der Waals surface area contributed by atoms with Crippen molar-refractivity contribution >= 4 is 5.91 Å². The highest BCUT2D eigenvalue weighted by Crippen LogP contribution is 2.29. The molecule has 0 N–H and O–H groups in total. The Labute approximate surface area is 156 Å². The lowest BCUT2D eigenvalue weighted by Gasteiger charge is -2.30. The van der Waals surface area contributed by atoms with E-state index in [4.69, 9.17) is 4.98 Å². The van der Waals surface area contributed by atoms with Crippen LogP contribution in [0, 0.1) is 12.8 Å². The summed E-state index contributed by atoms with van der Waals surface area (Å²) in [7, 11) is 0. The number of amides is 1. The molecule has 1 fully saturated rings. The van der Waals surface area contributed by atoms with Gasteiger partial charge in [-0.1, -0.05) is 43.2 Å². The van der Waals surface area contributed by atoms with Crippen molar-refractivity contribution in [3.63, 3.8) is 0 Å². The number of aryl methyl sites for hydroxylation is 1. The fraction of sp³-hybridized carbons (Fsp3) is 0.545. The predicted molar refractivity (Wildman–Crippen MR) is 104 cm³/mol. The number of aromatic nitrogens is 2. The van der Waals surface area contributed by atoms with Gasteiger partial charge < -0.3 is 9.47 Å². The zero-order valence-corrected chi connectivity index (χ0v) is 16.0. The van der Waals surface area contributed by atoms with E-state index in [1.165, 1.54) is 18.4 Å². The molecule has 2 aromatic rings. The number of imidazole rings is 1. The molecule has 0 bridgehead atoms. The van der Waals surface area contributed by atoms with Crippen LogP contribution in [0.2, 0.25) is 0 Å². The summed E-state index contributed by atoms with van der Waals surface area (Å²) in [5.41, 5.74) is 4.22. The summed E-state index contributed by atoms with van der Waals surface area (Å²) in [5, 5.41) is 0. The molecular weight excluding hydrogens is 322 g/mol. The van der Waals surface area contributed by atoms with Crippen LogP contribution in [0.5, 0.6) is 0 Å². The van der Waals surface area contributed by atoms with E-state index in [9.17, 15) is 4.79 Å². The third kappa shape index (κ3) is 3.29. The number of hydrogen-bond donors (Lipinski definition) is 0. The molecule has 0 unspecified atom stereocenters. The quantitative estimate of drug-likeness (QED) is 0.801. The monoisotopic (exact) mass is 351 g/mol. The summed E-state index contributed by atoms with van der Waals surface area (Å²) in [5.74, 6) is 1.70. The lowest BCUT2D eigenvalue weighted by Crippen LogP contribution is -2.39. The molecule has 138 valence electrons. The number of carbonyl (C=O) groups excluding carboxylic acids is 1. The maximum Gasteiger partial charge on any atom is 0.274 e. The topological polar surface area (TPSA) is 38.1 Å². The van der Waals surface area contributed by atoms with E-state index in [-0.39, 0.29) is 5.91 Å². The van der Waals surface area contributed by atoms with Crippen molar-refractivity contribution in [1.82, 2.24) is 14.5 Å². The third-order valence-corrected chi connectivity index (χ3v) is 5.82. The number of piperidine rings is 1. The van der Waals surface area contributed by atoms with E-state index in [1.807, 2.05) is 4.90 Å². The second-order valence-electron chi connectivity index (χ2n) is 8.06. The van der Waals surface area contributed by atoms with Crippen molar-refractivity contribution in [3.8, 4) is 11.4 Å². The summed E-state index contributed by atoms with van der Waals surface area (Å²) in [6.45, 7) is 7.04. The molecule has 1 aromatic carbocycles. The van der Waals surface area contributed by atoms with Gasteiger partial charge in [-0.05, 0) is 44.9 Å². The van der Waals surface area contributed by atoms with Crippen molar-refractivity contribution in [1.29, 1.82) is 0 Å². The number of carbonyl (C=O) groups is 1. The van der Waals surface area contributed by atoms with E-state index in [2.05, 4.69) is 42.7 Å². The second kappa shape index (κ2) is 7.26. The first kappa shape index (κ1) is 17.3. The van der Waals surface area contributed by atoms with E-state index < -0.39 is 0 Å². The Balaban J connectivity index is 1.74. The van der Waals surface area contributed by atoms with Gasteiger partial charge in [0.1, 0.15) is 11.5 Å². The van der Waals surface area contributed by atoms with Crippen LogP contribution in [-0.4, -0.2) is 33.4 Å². The highest BCUT2D eigenvalue weighted by atomic mass is 16.2. The third-order valence-electron chi connectivity index (χ3n) is 5.82. The smallest absolute Gasteiger partial charge is 0.274 e. The average molecular weight is 351 g/mol. The van der Waals surface area contributed by atoms with Crippen LogP contribution < -0.4 is 0 Å². The molecule has 0 spiro atoms. The normalized spacial score (nSPS) is 20.5. The van der Waals surface area contributed by atoms with Crippen LogP contribution in [0.15, 0.2) is 24.3 Å². The van der Waals surface area contributed by atoms with Crippen LogP contribution in [0.3, 0.4) is 0 Å². The summed E-state index contributed by atoms with van der Waals surface area (Å²) in [6, 6.07) is 8.52. The number of nitrogens with zero attached hydrogens (tertiary/aromatic N) is 3. The molecule has 0 aliphatic carbocycles. The number of rotatable bonds is 2. The molecule has 26 heavy (non-hydrogen) atoms. The van der Waals surface area contributed by atoms with Gasteiger partial charge in [-0.3, -0.25) is 4.79 Å². The van der Waals surface area contributed by atoms with E-state index in [0.29, 0.717) is 11.6 Å². The fourth-order valence-corrected chi connectivity index (χ4v) is 4.34. The van der Waals surface area contributed by atoms with Crippen molar-refractivity contribution < 1.29 is 4.79 Å². The summed E-state index contributed by atoms with van der Waals surface area (Å²) in [6.07, 6.45) is 6.83. The number of likely N-dealkylation sites (tertiary alicyclic amines) is 1. The Morgan fingerprint density at radius 3 is 2.65 bits per heavy atom. The Kier molecular flexibility index (Phi) is 4.84. The van der Waals surface area contributed by atoms with Gasteiger partial charge in [0.2, 0.25) is 0 Å². The maximum absolute atomic E-state index is 13.3. The number of fused-ring (bicyclic) bond motifs is 1. The van der Waals surface area contributed by atoms with Gasteiger partial charge >= 0.3 is 0 Å². The molecule has 2 aliphatic rings. The summed E-state index contributed by atoms with van der Waals surface area (Å²) < 4.78 is 2.32. The van der Waals surface area contributed by atoms with Gasteiger partial charge in [-0.2, -0.15) is 0 Å². The van der Waals surface area contributed by atoms with E-state index in [1.54, 1.807) is 0 Å². The van der Waals surface area contributed by atoms with Crippen molar-refractivity contribution in [2.75, 3.05) is 13.1 Å². The minimum Gasteiger partial charge on any atom is -0.337 e. The van der Waals surface area contributed by atoms with E-state index >= 15 is 0 Å². The number of hydrogen-bond acceptors (Lipinski definition) is 2. The zero-order chi connectivity index (χ0) is 18.1. The van der Waals surface area contributed by atoms with Crippen molar-refractivity contribution in [2.24, 2.45) is 5.92 Å². The Morgan fingerprint density at radius 1 is 1.08 bits per heavy atom. The summed E-state index contributed by atoms with van der Waals surface area (Å²) >= 11 is 0. The SMILES string of the molecule is Cc1ccc(-c2nc(C(=O)N3CCC[C@@H](C)C3)c3n2CCCCC3)cc1. The highest BCUT2D eigenvalue weighted by molar-refractivity contribution is 5.94. The molecule has 4 rings (SSSR count). The fourth-order valence-electron chi connectivity index (χ4n) is 4.34. The lowest BCUT2D eigenvalue weighted by atomic mass is 10.00. The van der Waals surface area contributed by atoms with Crippen LogP contribution in [-0.2, 0) is 13.0 Å². The maximum atomic E-state index is 13.3. The van der Waals surface area contributed by atoms with Crippen LogP contribution >= 0.6 is 0 Å².